The van der Waals surface area contributed by atoms with Crippen molar-refractivity contribution in [2.24, 2.45) is 0 Å². The fraction of sp³-hybridized carbons (Fsp3) is 0.905. The van der Waals surface area contributed by atoms with Gasteiger partial charge in [-0.2, -0.15) is 0 Å². The summed E-state index contributed by atoms with van der Waals surface area (Å²) in [5.41, 5.74) is 0. The van der Waals surface area contributed by atoms with Gasteiger partial charge < -0.3 is 14.8 Å². The van der Waals surface area contributed by atoms with E-state index in [1.165, 1.54) is 44.9 Å². The summed E-state index contributed by atoms with van der Waals surface area (Å²) < 4.78 is 10.2. The monoisotopic (exact) mass is 371 g/mol. The summed E-state index contributed by atoms with van der Waals surface area (Å²) in [7, 11) is 0. The van der Waals surface area contributed by atoms with Crippen LogP contribution in [0.5, 0.6) is 0 Å². The van der Waals surface area contributed by atoms with Crippen molar-refractivity contribution in [1.29, 1.82) is 0 Å². The Balaban J connectivity index is 3.24. The van der Waals surface area contributed by atoms with E-state index in [2.05, 4.69) is 12.2 Å². The predicted octanol–water partition coefficient (Wildman–Crippen LogP) is 5.76. The number of carbonyl (C=O) groups excluding carboxylic acids is 2. The van der Waals surface area contributed by atoms with Crippen LogP contribution in [0.2, 0.25) is 0 Å². The average Bonchev–Trinajstić information content (AvgIpc) is 2.64. The Hall–Kier alpha value is -1.26. The fourth-order valence-corrected chi connectivity index (χ4v) is 2.68. The van der Waals surface area contributed by atoms with Gasteiger partial charge in [-0.15, -0.1) is 0 Å². The van der Waals surface area contributed by atoms with E-state index in [1.807, 2.05) is 6.92 Å². The molecule has 0 aliphatic rings. The van der Waals surface area contributed by atoms with Gasteiger partial charge in [0.15, 0.2) is 0 Å². The summed E-state index contributed by atoms with van der Waals surface area (Å²) in [6.45, 7) is 5.81. The van der Waals surface area contributed by atoms with Crippen molar-refractivity contribution in [2.45, 2.75) is 104 Å². The number of amides is 1. The molecule has 0 aromatic heterocycles. The first kappa shape index (κ1) is 24.7. The van der Waals surface area contributed by atoms with Crippen molar-refractivity contribution in [3.05, 3.63) is 0 Å². The highest BCUT2D eigenvalue weighted by molar-refractivity contribution is 5.69. The third-order valence-electron chi connectivity index (χ3n) is 4.28. The first-order chi connectivity index (χ1) is 12.7. The van der Waals surface area contributed by atoms with Crippen LogP contribution >= 0.6 is 0 Å². The van der Waals surface area contributed by atoms with Crippen molar-refractivity contribution in [3.8, 4) is 0 Å². The van der Waals surface area contributed by atoms with E-state index in [0.717, 1.165) is 38.5 Å². The number of nitrogens with one attached hydrogen (secondary N) is 1. The molecule has 5 heteroatoms. The van der Waals surface area contributed by atoms with Crippen molar-refractivity contribution < 1.29 is 19.1 Å². The van der Waals surface area contributed by atoms with Gasteiger partial charge in [-0.25, -0.2) is 4.79 Å². The largest absolute Gasteiger partial charge is 0.466 e. The Bertz CT molecular complexity index is 334. The molecule has 0 aliphatic heterocycles. The van der Waals surface area contributed by atoms with Crippen LogP contribution in [0.15, 0.2) is 0 Å². The van der Waals surface area contributed by atoms with Crippen LogP contribution in [0.3, 0.4) is 0 Å². The van der Waals surface area contributed by atoms with Crippen LogP contribution in [0.1, 0.15) is 104 Å². The lowest BCUT2D eigenvalue weighted by Gasteiger charge is -2.06. The minimum Gasteiger partial charge on any atom is -0.466 e. The van der Waals surface area contributed by atoms with Gasteiger partial charge in [0.2, 0.25) is 0 Å². The Morgan fingerprint density at radius 2 is 1.27 bits per heavy atom. The zero-order chi connectivity index (χ0) is 19.3. The lowest BCUT2D eigenvalue weighted by molar-refractivity contribution is -0.143. The van der Waals surface area contributed by atoms with Gasteiger partial charge in [-0.3, -0.25) is 4.79 Å². The van der Waals surface area contributed by atoms with Gasteiger partial charge >= 0.3 is 12.1 Å². The lowest BCUT2D eigenvalue weighted by Crippen LogP contribution is -2.25. The quantitative estimate of drug-likeness (QED) is 0.246. The second-order valence-corrected chi connectivity index (χ2v) is 6.92. The summed E-state index contributed by atoms with van der Waals surface area (Å²) in [4.78, 5) is 22.8. The molecule has 0 aromatic rings. The molecule has 5 nitrogen and oxygen atoms in total. The zero-order valence-electron chi connectivity index (χ0n) is 17.2. The maximum absolute atomic E-state index is 11.6. The maximum atomic E-state index is 11.6. The maximum Gasteiger partial charge on any atom is 0.407 e. The topological polar surface area (TPSA) is 64.6 Å². The smallest absolute Gasteiger partial charge is 0.407 e. The Morgan fingerprint density at radius 1 is 0.654 bits per heavy atom. The van der Waals surface area contributed by atoms with E-state index in [1.54, 1.807) is 0 Å². The zero-order valence-corrected chi connectivity index (χ0v) is 17.2. The number of alkyl carbamates (subject to hydrolysis) is 1. The van der Waals surface area contributed by atoms with Gasteiger partial charge in [0.05, 0.1) is 13.2 Å². The molecule has 0 rings (SSSR count). The number of esters is 1. The average molecular weight is 372 g/mol. The molecule has 0 bridgehead atoms. The normalized spacial score (nSPS) is 10.5. The van der Waals surface area contributed by atoms with E-state index in [0.29, 0.717) is 26.2 Å². The minimum atomic E-state index is -0.354. The van der Waals surface area contributed by atoms with Crippen molar-refractivity contribution in [1.82, 2.24) is 5.32 Å². The SMILES string of the molecule is CCCCCCCCCCCOC(=O)CCCCCNC(=O)OCCC. The fourth-order valence-electron chi connectivity index (χ4n) is 2.68. The van der Waals surface area contributed by atoms with Crippen LogP contribution in [-0.4, -0.2) is 31.8 Å². The molecule has 0 spiro atoms. The van der Waals surface area contributed by atoms with Gasteiger partial charge in [0, 0.05) is 13.0 Å². The molecule has 1 amide bonds. The lowest BCUT2D eigenvalue weighted by atomic mass is 10.1. The number of ether oxygens (including phenoxy) is 2. The first-order valence-corrected chi connectivity index (χ1v) is 10.8. The van der Waals surface area contributed by atoms with Crippen LogP contribution < -0.4 is 5.32 Å². The predicted molar refractivity (Wildman–Crippen MR) is 106 cm³/mol. The van der Waals surface area contributed by atoms with Crippen LogP contribution in [0.4, 0.5) is 4.79 Å². The van der Waals surface area contributed by atoms with Gasteiger partial charge in [-0.1, -0.05) is 71.6 Å². The summed E-state index contributed by atoms with van der Waals surface area (Å²) in [5, 5.41) is 2.70. The molecule has 1 N–H and O–H groups in total. The molecule has 0 heterocycles. The number of hydrogen-bond donors (Lipinski definition) is 1. The highest BCUT2D eigenvalue weighted by atomic mass is 16.5. The van der Waals surface area contributed by atoms with Crippen molar-refractivity contribution in [3.63, 3.8) is 0 Å². The standard InChI is InChI=1S/C21H41NO4/c1-3-5-6-7-8-9-10-11-15-19-25-20(23)16-13-12-14-17-22-21(24)26-18-4-2/h3-19H2,1-2H3,(H,22,24). The molecule has 26 heavy (non-hydrogen) atoms. The number of unbranched alkanes of at least 4 members (excludes halogenated alkanes) is 10. The Morgan fingerprint density at radius 3 is 1.92 bits per heavy atom. The van der Waals surface area contributed by atoms with Gasteiger partial charge in [-0.05, 0) is 25.7 Å². The van der Waals surface area contributed by atoms with E-state index in [-0.39, 0.29) is 12.1 Å². The molecule has 0 unspecified atom stereocenters. The van der Waals surface area contributed by atoms with Crippen molar-refractivity contribution >= 4 is 12.1 Å². The Labute approximate surface area is 160 Å². The third-order valence-corrected chi connectivity index (χ3v) is 4.28. The third kappa shape index (κ3) is 19.1. The molecule has 0 atom stereocenters. The second-order valence-electron chi connectivity index (χ2n) is 6.92. The van der Waals surface area contributed by atoms with Crippen LogP contribution in [0, 0.1) is 0 Å². The summed E-state index contributed by atoms with van der Waals surface area (Å²) in [6, 6.07) is 0. The molecule has 0 aromatic carbocycles. The summed E-state index contributed by atoms with van der Waals surface area (Å²) in [5.74, 6) is -0.0973. The minimum absolute atomic E-state index is 0.0973. The van der Waals surface area contributed by atoms with E-state index in [9.17, 15) is 9.59 Å². The molecule has 0 aliphatic carbocycles. The number of rotatable bonds is 18. The van der Waals surface area contributed by atoms with Gasteiger partial charge in [0.1, 0.15) is 0 Å². The molecule has 0 radical (unpaired) electrons. The van der Waals surface area contributed by atoms with E-state index < -0.39 is 0 Å². The molecule has 0 saturated heterocycles. The molecule has 154 valence electrons. The van der Waals surface area contributed by atoms with E-state index in [4.69, 9.17) is 9.47 Å². The summed E-state index contributed by atoms with van der Waals surface area (Å²) in [6.07, 6.45) is 14.9. The number of carbonyl (C=O) groups is 2. The molecule has 0 saturated carbocycles. The van der Waals surface area contributed by atoms with E-state index >= 15 is 0 Å². The Kier molecular flexibility index (Phi) is 19.1. The van der Waals surface area contributed by atoms with Gasteiger partial charge in [0.25, 0.3) is 0 Å². The van der Waals surface area contributed by atoms with Crippen molar-refractivity contribution in [2.75, 3.05) is 19.8 Å². The molecule has 0 fully saturated rings. The first-order valence-electron chi connectivity index (χ1n) is 10.8. The summed E-state index contributed by atoms with van der Waals surface area (Å²) >= 11 is 0. The molecular weight excluding hydrogens is 330 g/mol. The number of hydrogen-bond acceptors (Lipinski definition) is 4. The highest BCUT2D eigenvalue weighted by Gasteiger charge is 2.03. The second kappa shape index (κ2) is 20.1. The highest BCUT2D eigenvalue weighted by Crippen LogP contribution is 2.09. The van der Waals surface area contributed by atoms with Crippen LogP contribution in [0.25, 0.3) is 0 Å². The molecular formula is C21H41NO4. The van der Waals surface area contributed by atoms with Crippen LogP contribution in [-0.2, 0) is 14.3 Å².